The number of benzene rings is 2. The molecule has 0 saturated carbocycles. The van der Waals surface area contributed by atoms with Crippen LogP contribution in [0.3, 0.4) is 0 Å². The van der Waals surface area contributed by atoms with Crippen LogP contribution in [0.5, 0.6) is 23.0 Å². The average Bonchev–Trinajstić information content (AvgIpc) is 3.17. The topological polar surface area (TPSA) is 53.3 Å². The Morgan fingerprint density at radius 2 is 1.86 bits per heavy atom. The zero-order chi connectivity index (χ0) is 20.2. The van der Waals surface area contributed by atoms with Crippen LogP contribution in [0.15, 0.2) is 53.3 Å². The van der Waals surface area contributed by atoms with E-state index in [-0.39, 0.29) is 0 Å². The van der Waals surface area contributed by atoms with Gasteiger partial charge in [-0.1, -0.05) is 12.1 Å². The minimum atomic E-state index is 0.600. The summed E-state index contributed by atoms with van der Waals surface area (Å²) in [5.41, 5.74) is 4.15. The first-order valence-electron chi connectivity index (χ1n) is 9.52. The lowest BCUT2D eigenvalue weighted by atomic mass is 10.00. The maximum absolute atomic E-state index is 6.07. The van der Waals surface area contributed by atoms with Crippen LogP contribution < -0.4 is 18.9 Å². The molecule has 0 spiro atoms. The molecule has 1 aliphatic rings. The fourth-order valence-electron chi connectivity index (χ4n) is 3.74. The van der Waals surface area contributed by atoms with Gasteiger partial charge in [0.2, 0.25) is 0 Å². The van der Waals surface area contributed by atoms with Crippen molar-refractivity contribution in [1.29, 1.82) is 0 Å². The molecule has 0 amide bonds. The van der Waals surface area contributed by atoms with E-state index < -0.39 is 0 Å². The molecule has 0 saturated heterocycles. The molecule has 3 aromatic rings. The SMILES string of the molecule is COc1cc(-c2cccc(OC)c2OC)cc2c1OCCN(Cc1ccoc1)C2. The maximum Gasteiger partial charge on any atom is 0.168 e. The summed E-state index contributed by atoms with van der Waals surface area (Å²) in [6.07, 6.45) is 3.48. The van der Waals surface area contributed by atoms with Crippen LogP contribution in [0, 0.1) is 0 Å². The van der Waals surface area contributed by atoms with Crippen LogP contribution in [-0.2, 0) is 13.1 Å². The second-order valence-corrected chi connectivity index (χ2v) is 6.90. The van der Waals surface area contributed by atoms with E-state index in [1.807, 2.05) is 30.3 Å². The number of ether oxygens (including phenoxy) is 4. The van der Waals surface area contributed by atoms with Crippen molar-refractivity contribution in [1.82, 2.24) is 4.90 Å². The number of fused-ring (bicyclic) bond motifs is 1. The number of hydrogen-bond acceptors (Lipinski definition) is 6. The summed E-state index contributed by atoms with van der Waals surface area (Å²) in [5.74, 6) is 2.90. The summed E-state index contributed by atoms with van der Waals surface area (Å²) >= 11 is 0. The highest BCUT2D eigenvalue weighted by Crippen LogP contribution is 2.43. The molecule has 1 aromatic heterocycles. The Morgan fingerprint density at radius 1 is 1.00 bits per heavy atom. The van der Waals surface area contributed by atoms with Crippen LogP contribution in [0.4, 0.5) is 0 Å². The van der Waals surface area contributed by atoms with Gasteiger partial charge < -0.3 is 23.4 Å². The highest BCUT2D eigenvalue weighted by Gasteiger charge is 2.22. The molecule has 2 aromatic carbocycles. The first-order valence-corrected chi connectivity index (χ1v) is 9.52. The third-order valence-corrected chi connectivity index (χ3v) is 5.10. The predicted molar refractivity (Wildman–Crippen MR) is 110 cm³/mol. The molecule has 29 heavy (non-hydrogen) atoms. The average molecular weight is 395 g/mol. The van der Waals surface area contributed by atoms with Gasteiger partial charge in [-0.05, 0) is 29.8 Å². The highest BCUT2D eigenvalue weighted by molar-refractivity contribution is 5.77. The molecule has 6 heteroatoms. The molecule has 2 heterocycles. The van der Waals surface area contributed by atoms with Gasteiger partial charge in [0.15, 0.2) is 23.0 Å². The van der Waals surface area contributed by atoms with E-state index in [1.165, 1.54) is 0 Å². The van der Waals surface area contributed by atoms with Gasteiger partial charge in [0, 0.05) is 36.3 Å². The molecule has 0 N–H and O–H groups in total. The van der Waals surface area contributed by atoms with Gasteiger partial charge in [-0.2, -0.15) is 0 Å². The summed E-state index contributed by atoms with van der Waals surface area (Å²) in [5, 5.41) is 0. The summed E-state index contributed by atoms with van der Waals surface area (Å²) in [6, 6.07) is 12.0. The van der Waals surface area contributed by atoms with E-state index in [0.29, 0.717) is 23.9 Å². The molecule has 4 rings (SSSR count). The van der Waals surface area contributed by atoms with Crippen molar-refractivity contribution in [3.63, 3.8) is 0 Å². The van der Waals surface area contributed by atoms with E-state index in [1.54, 1.807) is 33.9 Å². The second kappa shape index (κ2) is 8.49. The number of para-hydroxylation sites is 1. The third-order valence-electron chi connectivity index (χ3n) is 5.10. The van der Waals surface area contributed by atoms with Crippen molar-refractivity contribution in [3.05, 3.63) is 60.1 Å². The van der Waals surface area contributed by atoms with Gasteiger partial charge in [0.1, 0.15) is 6.61 Å². The normalized spacial score (nSPS) is 13.9. The van der Waals surface area contributed by atoms with Crippen LogP contribution in [-0.4, -0.2) is 39.4 Å². The largest absolute Gasteiger partial charge is 0.493 e. The van der Waals surface area contributed by atoms with Crippen molar-refractivity contribution < 1.29 is 23.4 Å². The first kappa shape index (κ1) is 19.2. The maximum atomic E-state index is 6.07. The molecule has 0 fully saturated rings. The third kappa shape index (κ3) is 3.89. The van der Waals surface area contributed by atoms with Crippen LogP contribution in [0.2, 0.25) is 0 Å². The first-order chi connectivity index (χ1) is 14.2. The van der Waals surface area contributed by atoms with E-state index in [2.05, 4.69) is 11.0 Å². The van der Waals surface area contributed by atoms with E-state index in [0.717, 1.165) is 47.6 Å². The predicted octanol–water partition coefficient (Wildman–Crippen LogP) is 4.37. The molecular formula is C23H25NO5. The Hall–Kier alpha value is -3.12. The number of hydrogen-bond donors (Lipinski definition) is 0. The molecule has 0 bridgehead atoms. The summed E-state index contributed by atoms with van der Waals surface area (Å²) in [7, 11) is 4.96. The summed E-state index contributed by atoms with van der Waals surface area (Å²) in [4.78, 5) is 2.34. The molecule has 1 aliphatic heterocycles. The van der Waals surface area contributed by atoms with Crippen LogP contribution >= 0.6 is 0 Å². The van der Waals surface area contributed by atoms with Gasteiger partial charge in [0.05, 0.1) is 33.9 Å². The number of rotatable bonds is 6. The Labute approximate surface area is 170 Å². The van der Waals surface area contributed by atoms with Gasteiger partial charge in [-0.25, -0.2) is 0 Å². The van der Waals surface area contributed by atoms with Crippen molar-refractivity contribution in [2.75, 3.05) is 34.5 Å². The lowest BCUT2D eigenvalue weighted by molar-refractivity contribution is 0.216. The van der Waals surface area contributed by atoms with Crippen molar-refractivity contribution in [2.45, 2.75) is 13.1 Å². The minimum absolute atomic E-state index is 0.600. The molecule has 152 valence electrons. The summed E-state index contributed by atoms with van der Waals surface area (Å²) < 4.78 is 28.1. The van der Waals surface area contributed by atoms with E-state index in [9.17, 15) is 0 Å². The quantitative estimate of drug-likeness (QED) is 0.618. The van der Waals surface area contributed by atoms with Crippen molar-refractivity contribution in [3.8, 4) is 34.1 Å². The number of furan rings is 1. The van der Waals surface area contributed by atoms with Crippen LogP contribution in [0.1, 0.15) is 11.1 Å². The number of nitrogens with zero attached hydrogens (tertiary/aromatic N) is 1. The molecule has 0 aliphatic carbocycles. The summed E-state index contributed by atoms with van der Waals surface area (Å²) in [6.45, 7) is 2.97. The Balaban J connectivity index is 1.74. The Morgan fingerprint density at radius 3 is 2.59 bits per heavy atom. The zero-order valence-electron chi connectivity index (χ0n) is 16.9. The smallest absolute Gasteiger partial charge is 0.168 e. The highest BCUT2D eigenvalue weighted by atomic mass is 16.5. The van der Waals surface area contributed by atoms with Crippen LogP contribution in [0.25, 0.3) is 11.1 Å². The molecule has 0 atom stereocenters. The fraction of sp³-hybridized carbons (Fsp3) is 0.304. The molecular weight excluding hydrogens is 370 g/mol. The van der Waals surface area contributed by atoms with Gasteiger partial charge >= 0.3 is 0 Å². The lowest BCUT2D eigenvalue weighted by Crippen LogP contribution is -2.25. The van der Waals surface area contributed by atoms with Gasteiger partial charge in [0.25, 0.3) is 0 Å². The Kier molecular flexibility index (Phi) is 5.62. The van der Waals surface area contributed by atoms with Crippen molar-refractivity contribution >= 4 is 0 Å². The molecule has 6 nitrogen and oxygen atoms in total. The zero-order valence-corrected chi connectivity index (χ0v) is 16.9. The second-order valence-electron chi connectivity index (χ2n) is 6.90. The van der Waals surface area contributed by atoms with Gasteiger partial charge in [-0.3, -0.25) is 4.90 Å². The lowest BCUT2D eigenvalue weighted by Gasteiger charge is -2.19. The van der Waals surface area contributed by atoms with Gasteiger partial charge in [-0.15, -0.1) is 0 Å². The van der Waals surface area contributed by atoms with Crippen molar-refractivity contribution in [2.24, 2.45) is 0 Å². The van der Waals surface area contributed by atoms with E-state index >= 15 is 0 Å². The molecule has 0 radical (unpaired) electrons. The van der Waals surface area contributed by atoms with E-state index in [4.69, 9.17) is 23.4 Å². The number of methoxy groups -OCH3 is 3. The monoisotopic (exact) mass is 395 g/mol. The molecule has 0 unspecified atom stereocenters. The fourth-order valence-corrected chi connectivity index (χ4v) is 3.74. The Bertz CT molecular complexity index is 968. The minimum Gasteiger partial charge on any atom is -0.493 e. The standard InChI is InChI=1S/C23H25NO5/c1-25-20-6-4-5-19(23(20)27-3)17-11-18-14-24(13-16-7-9-28-15-16)8-10-29-22(18)21(12-17)26-2/h4-7,9,11-12,15H,8,10,13-14H2,1-3H3.